The molecule has 25 heavy (non-hydrogen) atoms. The largest absolute Gasteiger partial charge is 0.486 e. The molecule has 0 unspecified atom stereocenters. The molecule has 0 bridgehead atoms. The van der Waals surface area contributed by atoms with Crippen molar-refractivity contribution in [3.05, 3.63) is 81.3 Å². The highest BCUT2D eigenvalue weighted by Crippen LogP contribution is 2.15. The molecule has 1 N–H and O–H groups in total. The van der Waals surface area contributed by atoms with Gasteiger partial charge in [-0.1, -0.05) is 41.9 Å². The van der Waals surface area contributed by atoms with Gasteiger partial charge in [-0.15, -0.1) is 11.3 Å². The van der Waals surface area contributed by atoms with Gasteiger partial charge in [-0.05, 0) is 29.8 Å². The second kappa shape index (κ2) is 8.65. The number of halogens is 1. The van der Waals surface area contributed by atoms with Crippen LogP contribution in [-0.2, 0) is 24.4 Å². The molecule has 1 amide bonds. The molecular formula is C19H17ClN2O2S. The van der Waals surface area contributed by atoms with Gasteiger partial charge in [0.1, 0.15) is 17.4 Å². The number of aromatic nitrogens is 1. The minimum Gasteiger partial charge on any atom is -0.486 e. The molecule has 0 saturated carbocycles. The lowest BCUT2D eigenvalue weighted by Crippen LogP contribution is -2.24. The first kappa shape index (κ1) is 17.5. The number of amides is 1. The fourth-order valence-electron chi connectivity index (χ4n) is 2.19. The van der Waals surface area contributed by atoms with Crippen LogP contribution in [0.5, 0.6) is 5.75 Å². The second-order valence-electron chi connectivity index (χ2n) is 5.41. The Bertz CT molecular complexity index is 819. The molecule has 3 rings (SSSR count). The van der Waals surface area contributed by atoms with E-state index in [1.165, 1.54) is 11.3 Å². The van der Waals surface area contributed by atoms with Crippen molar-refractivity contribution in [2.45, 2.75) is 19.6 Å². The number of hydrogen-bond donors (Lipinski definition) is 1. The summed E-state index contributed by atoms with van der Waals surface area (Å²) >= 11 is 7.34. The van der Waals surface area contributed by atoms with E-state index in [1.807, 2.05) is 60.0 Å². The van der Waals surface area contributed by atoms with E-state index in [1.54, 1.807) is 0 Å². The molecule has 0 atom stereocenters. The first-order chi connectivity index (χ1) is 12.2. The molecule has 0 saturated heterocycles. The van der Waals surface area contributed by atoms with Gasteiger partial charge in [0, 0.05) is 16.9 Å². The molecule has 3 aromatic rings. The van der Waals surface area contributed by atoms with Gasteiger partial charge in [-0.2, -0.15) is 0 Å². The van der Waals surface area contributed by atoms with Gasteiger partial charge in [0.15, 0.2) is 0 Å². The quantitative estimate of drug-likeness (QED) is 0.675. The first-order valence-corrected chi connectivity index (χ1v) is 9.07. The third-order valence-electron chi connectivity index (χ3n) is 3.45. The zero-order valence-corrected chi connectivity index (χ0v) is 15.0. The van der Waals surface area contributed by atoms with Crippen molar-refractivity contribution in [1.29, 1.82) is 0 Å². The highest BCUT2D eigenvalue weighted by atomic mass is 35.5. The maximum atomic E-state index is 12.0. The van der Waals surface area contributed by atoms with Crippen LogP contribution in [0.1, 0.15) is 16.3 Å². The SMILES string of the molecule is O=C(Cc1csc(COc2ccccc2)n1)NCc1ccc(Cl)cc1. The third kappa shape index (κ3) is 5.59. The van der Waals surface area contributed by atoms with Gasteiger partial charge in [-0.3, -0.25) is 4.79 Å². The molecule has 128 valence electrons. The van der Waals surface area contributed by atoms with Crippen molar-refractivity contribution in [2.75, 3.05) is 0 Å². The zero-order chi connectivity index (χ0) is 17.5. The van der Waals surface area contributed by atoms with Gasteiger partial charge < -0.3 is 10.1 Å². The molecule has 0 spiro atoms. The van der Waals surface area contributed by atoms with Crippen LogP contribution in [0.15, 0.2) is 60.0 Å². The normalized spacial score (nSPS) is 10.4. The smallest absolute Gasteiger partial charge is 0.226 e. The Hall–Kier alpha value is -2.37. The number of nitrogens with one attached hydrogen (secondary N) is 1. The molecule has 2 aromatic carbocycles. The summed E-state index contributed by atoms with van der Waals surface area (Å²) in [6, 6.07) is 17.0. The Morgan fingerprint density at radius 2 is 1.88 bits per heavy atom. The molecular weight excluding hydrogens is 356 g/mol. The number of thiazole rings is 1. The van der Waals surface area contributed by atoms with Crippen molar-refractivity contribution < 1.29 is 9.53 Å². The number of ether oxygens (including phenoxy) is 1. The summed E-state index contributed by atoms with van der Waals surface area (Å²) in [6.07, 6.45) is 0.259. The van der Waals surface area contributed by atoms with Crippen molar-refractivity contribution >= 4 is 28.8 Å². The van der Waals surface area contributed by atoms with Crippen molar-refractivity contribution in [1.82, 2.24) is 10.3 Å². The third-order valence-corrected chi connectivity index (χ3v) is 4.57. The Morgan fingerprint density at radius 1 is 1.12 bits per heavy atom. The predicted molar refractivity (Wildman–Crippen MR) is 99.9 cm³/mol. The second-order valence-corrected chi connectivity index (χ2v) is 6.79. The maximum absolute atomic E-state index is 12.0. The zero-order valence-electron chi connectivity index (χ0n) is 13.4. The Balaban J connectivity index is 1.45. The highest BCUT2D eigenvalue weighted by Gasteiger charge is 2.08. The Labute approximate surface area is 155 Å². The summed E-state index contributed by atoms with van der Waals surface area (Å²) in [5, 5.41) is 6.31. The number of carbonyl (C=O) groups excluding carboxylic acids is 1. The summed E-state index contributed by atoms with van der Waals surface area (Å²) < 4.78 is 5.66. The van der Waals surface area contributed by atoms with E-state index in [2.05, 4.69) is 10.3 Å². The average Bonchev–Trinajstić information content (AvgIpc) is 3.08. The molecule has 0 aliphatic heterocycles. The predicted octanol–water partition coefficient (Wildman–Crippen LogP) is 4.23. The van der Waals surface area contributed by atoms with E-state index in [0.717, 1.165) is 22.0 Å². The van der Waals surface area contributed by atoms with E-state index < -0.39 is 0 Å². The fourth-order valence-corrected chi connectivity index (χ4v) is 3.02. The molecule has 1 aromatic heterocycles. The lowest BCUT2D eigenvalue weighted by atomic mass is 10.2. The van der Waals surface area contributed by atoms with E-state index in [9.17, 15) is 4.79 Å². The molecule has 4 nitrogen and oxygen atoms in total. The van der Waals surface area contributed by atoms with E-state index in [0.29, 0.717) is 18.2 Å². The van der Waals surface area contributed by atoms with Crippen LogP contribution >= 0.6 is 22.9 Å². The minimum absolute atomic E-state index is 0.0595. The van der Waals surface area contributed by atoms with Crippen molar-refractivity contribution in [3.8, 4) is 5.75 Å². The van der Waals surface area contributed by atoms with Gasteiger partial charge in [0.25, 0.3) is 0 Å². The molecule has 0 aliphatic carbocycles. The van der Waals surface area contributed by atoms with Crippen molar-refractivity contribution in [2.24, 2.45) is 0 Å². The van der Waals surface area contributed by atoms with Crippen LogP contribution in [-0.4, -0.2) is 10.9 Å². The number of para-hydroxylation sites is 1. The standard InChI is InChI=1S/C19H17ClN2O2S/c20-15-8-6-14(7-9-15)11-21-18(23)10-16-13-25-19(22-16)12-24-17-4-2-1-3-5-17/h1-9,13H,10-12H2,(H,21,23). The molecule has 0 aliphatic rings. The summed E-state index contributed by atoms with van der Waals surface area (Å²) in [7, 11) is 0. The molecule has 1 heterocycles. The number of benzene rings is 2. The molecule has 0 radical (unpaired) electrons. The summed E-state index contributed by atoms with van der Waals surface area (Å²) in [5.74, 6) is 0.746. The van der Waals surface area contributed by atoms with E-state index in [4.69, 9.17) is 16.3 Å². The molecule has 6 heteroatoms. The number of carbonyl (C=O) groups is 1. The Morgan fingerprint density at radius 3 is 2.64 bits per heavy atom. The van der Waals surface area contributed by atoms with E-state index in [-0.39, 0.29) is 12.3 Å². The summed E-state index contributed by atoms with van der Waals surface area (Å²) in [5.41, 5.74) is 1.76. The summed E-state index contributed by atoms with van der Waals surface area (Å²) in [4.78, 5) is 16.5. The van der Waals surface area contributed by atoms with E-state index >= 15 is 0 Å². The molecule has 0 fully saturated rings. The highest BCUT2D eigenvalue weighted by molar-refractivity contribution is 7.09. The number of rotatable bonds is 7. The van der Waals surface area contributed by atoms with Crippen LogP contribution in [0.2, 0.25) is 5.02 Å². The monoisotopic (exact) mass is 372 g/mol. The van der Waals surface area contributed by atoms with Gasteiger partial charge in [0.05, 0.1) is 12.1 Å². The van der Waals surface area contributed by atoms with Crippen LogP contribution in [0.4, 0.5) is 0 Å². The maximum Gasteiger partial charge on any atom is 0.226 e. The van der Waals surface area contributed by atoms with Gasteiger partial charge in [0.2, 0.25) is 5.91 Å². The lowest BCUT2D eigenvalue weighted by molar-refractivity contribution is -0.120. The van der Waals surface area contributed by atoms with Crippen LogP contribution < -0.4 is 10.1 Å². The van der Waals surface area contributed by atoms with Crippen LogP contribution in [0.3, 0.4) is 0 Å². The topological polar surface area (TPSA) is 51.2 Å². The number of nitrogens with zero attached hydrogens (tertiary/aromatic N) is 1. The fraction of sp³-hybridized carbons (Fsp3) is 0.158. The summed E-state index contributed by atoms with van der Waals surface area (Å²) in [6.45, 7) is 0.880. The minimum atomic E-state index is -0.0595. The lowest BCUT2D eigenvalue weighted by Gasteiger charge is -2.04. The number of hydrogen-bond acceptors (Lipinski definition) is 4. The van der Waals surface area contributed by atoms with Gasteiger partial charge in [-0.25, -0.2) is 4.98 Å². The van der Waals surface area contributed by atoms with Crippen LogP contribution in [0, 0.1) is 0 Å². The van der Waals surface area contributed by atoms with Gasteiger partial charge >= 0.3 is 0 Å². The van der Waals surface area contributed by atoms with Crippen molar-refractivity contribution in [3.63, 3.8) is 0 Å². The Kier molecular flexibility index (Phi) is 6.04. The van der Waals surface area contributed by atoms with Crippen LogP contribution in [0.25, 0.3) is 0 Å². The average molecular weight is 373 g/mol. The first-order valence-electron chi connectivity index (χ1n) is 7.81.